The van der Waals surface area contributed by atoms with Crippen LogP contribution in [-0.2, 0) is 0 Å². The Hall–Kier alpha value is -1.89. The number of thiocarbonyl (C=S) groups is 1. The fourth-order valence-electron chi connectivity index (χ4n) is 1.56. The van der Waals surface area contributed by atoms with Crippen molar-refractivity contribution in [1.82, 2.24) is 10.9 Å². The van der Waals surface area contributed by atoms with Crippen LogP contribution >= 0.6 is 35.4 Å². The number of amides is 1. The zero-order chi connectivity index (χ0) is 16.1. The number of carbonyl (C=O) groups excluding carboxylic acids is 1. The fourth-order valence-corrected chi connectivity index (χ4v) is 2.03. The van der Waals surface area contributed by atoms with E-state index in [1.54, 1.807) is 24.3 Å². The van der Waals surface area contributed by atoms with Crippen molar-refractivity contribution in [3.05, 3.63) is 63.9 Å². The molecule has 0 bridgehead atoms. The molecule has 0 aliphatic carbocycles. The molecule has 0 saturated carbocycles. The van der Waals surface area contributed by atoms with E-state index in [4.69, 9.17) is 35.4 Å². The van der Waals surface area contributed by atoms with Crippen molar-refractivity contribution in [1.29, 1.82) is 0 Å². The number of halogens is 3. The van der Waals surface area contributed by atoms with Gasteiger partial charge in [-0.25, -0.2) is 4.39 Å². The molecule has 22 heavy (non-hydrogen) atoms. The average molecular weight is 358 g/mol. The second kappa shape index (κ2) is 7.40. The van der Waals surface area contributed by atoms with E-state index in [-0.39, 0.29) is 10.7 Å². The first kappa shape index (κ1) is 16.5. The van der Waals surface area contributed by atoms with Crippen LogP contribution in [0.3, 0.4) is 0 Å². The van der Waals surface area contributed by atoms with Gasteiger partial charge in [-0.15, -0.1) is 0 Å². The minimum absolute atomic E-state index is 0.0904. The molecule has 0 aromatic heterocycles. The first-order valence-corrected chi connectivity index (χ1v) is 7.20. The van der Waals surface area contributed by atoms with Gasteiger partial charge in [0.05, 0.1) is 15.6 Å². The van der Waals surface area contributed by atoms with E-state index < -0.39 is 11.7 Å². The number of carbonyl (C=O) groups is 1. The highest BCUT2D eigenvalue weighted by Crippen LogP contribution is 2.24. The molecule has 0 unspecified atom stereocenters. The molecule has 1 amide bonds. The van der Waals surface area contributed by atoms with Crippen LogP contribution in [0.4, 0.5) is 10.1 Å². The third-order valence-corrected chi connectivity index (χ3v) is 3.53. The molecule has 3 N–H and O–H groups in total. The van der Waals surface area contributed by atoms with Gasteiger partial charge in [-0.1, -0.05) is 35.3 Å². The minimum atomic E-state index is -0.642. The number of nitrogens with one attached hydrogen (secondary N) is 3. The highest BCUT2D eigenvalue weighted by Gasteiger charge is 2.10. The number of hydrogen-bond donors (Lipinski definition) is 3. The van der Waals surface area contributed by atoms with E-state index in [2.05, 4.69) is 16.2 Å². The summed E-state index contributed by atoms with van der Waals surface area (Å²) in [5.41, 5.74) is 5.26. The quantitative estimate of drug-likeness (QED) is 0.565. The summed E-state index contributed by atoms with van der Waals surface area (Å²) in [5.74, 6) is -1.26. The summed E-state index contributed by atoms with van der Waals surface area (Å²) in [4.78, 5) is 11.8. The third kappa shape index (κ3) is 4.30. The predicted molar refractivity (Wildman–Crippen MR) is 89.7 cm³/mol. The fraction of sp³-hybridized carbons (Fsp3) is 0. The number of benzene rings is 2. The highest BCUT2D eigenvalue weighted by atomic mass is 35.5. The molecule has 4 nitrogen and oxygen atoms in total. The highest BCUT2D eigenvalue weighted by molar-refractivity contribution is 7.80. The molecule has 0 aliphatic heterocycles. The van der Waals surface area contributed by atoms with Crippen molar-refractivity contribution in [3.8, 4) is 0 Å². The van der Waals surface area contributed by atoms with Crippen molar-refractivity contribution < 1.29 is 9.18 Å². The Morgan fingerprint density at radius 3 is 2.45 bits per heavy atom. The number of rotatable bonds is 2. The van der Waals surface area contributed by atoms with E-state index in [0.29, 0.717) is 15.7 Å². The van der Waals surface area contributed by atoms with Crippen molar-refractivity contribution in [3.63, 3.8) is 0 Å². The van der Waals surface area contributed by atoms with Gasteiger partial charge in [0, 0.05) is 5.69 Å². The maximum absolute atomic E-state index is 13.4. The van der Waals surface area contributed by atoms with Crippen LogP contribution in [0.5, 0.6) is 0 Å². The van der Waals surface area contributed by atoms with Crippen LogP contribution in [0.2, 0.25) is 10.0 Å². The molecule has 0 saturated heterocycles. The molecule has 8 heteroatoms. The van der Waals surface area contributed by atoms with Gasteiger partial charge in [0.2, 0.25) is 0 Å². The first-order valence-electron chi connectivity index (χ1n) is 6.04. The van der Waals surface area contributed by atoms with Crippen LogP contribution in [0.15, 0.2) is 42.5 Å². The Kier molecular flexibility index (Phi) is 5.54. The van der Waals surface area contributed by atoms with Gasteiger partial charge in [0.25, 0.3) is 5.91 Å². The van der Waals surface area contributed by atoms with Crippen molar-refractivity contribution in [2.24, 2.45) is 0 Å². The summed E-state index contributed by atoms with van der Waals surface area (Å²) >= 11 is 16.7. The zero-order valence-corrected chi connectivity index (χ0v) is 13.3. The maximum atomic E-state index is 13.4. The van der Waals surface area contributed by atoms with Crippen molar-refractivity contribution in [2.45, 2.75) is 0 Å². The van der Waals surface area contributed by atoms with Gasteiger partial charge in [0.1, 0.15) is 5.82 Å². The topological polar surface area (TPSA) is 53.2 Å². The SMILES string of the molecule is O=C(NNC(=S)Nc1ccc(Cl)c(Cl)c1)c1ccccc1F. The summed E-state index contributed by atoms with van der Waals surface area (Å²) < 4.78 is 13.4. The number of hydrazine groups is 1. The van der Waals surface area contributed by atoms with Gasteiger partial charge in [0.15, 0.2) is 5.11 Å². The van der Waals surface area contributed by atoms with Crippen molar-refractivity contribution in [2.75, 3.05) is 5.32 Å². The van der Waals surface area contributed by atoms with Crippen LogP contribution in [-0.4, -0.2) is 11.0 Å². The average Bonchev–Trinajstić information content (AvgIpc) is 2.49. The van der Waals surface area contributed by atoms with E-state index in [1.807, 2.05) is 0 Å². The molecular formula is C14H10Cl2FN3OS. The van der Waals surface area contributed by atoms with Gasteiger partial charge < -0.3 is 5.32 Å². The summed E-state index contributed by atoms with van der Waals surface area (Å²) in [5, 5.41) is 3.70. The van der Waals surface area contributed by atoms with E-state index >= 15 is 0 Å². The Bertz CT molecular complexity index is 727. The molecule has 0 aliphatic rings. The monoisotopic (exact) mass is 357 g/mol. The molecule has 0 atom stereocenters. The largest absolute Gasteiger partial charge is 0.331 e. The molecule has 0 spiro atoms. The summed E-state index contributed by atoms with van der Waals surface area (Å²) in [6.07, 6.45) is 0. The first-order chi connectivity index (χ1) is 10.5. The third-order valence-electron chi connectivity index (χ3n) is 2.59. The van der Waals surface area contributed by atoms with Crippen molar-refractivity contribution >= 4 is 52.1 Å². The Morgan fingerprint density at radius 1 is 1.05 bits per heavy atom. The molecule has 0 radical (unpaired) electrons. The van der Waals surface area contributed by atoms with Gasteiger partial charge in [-0.2, -0.15) is 0 Å². The molecule has 114 valence electrons. The molecule has 0 fully saturated rings. The van der Waals surface area contributed by atoms with E-state index in [9.17, 15) is 9.18 Å². The maximum Gasteiger partial charge on any atom is 0.272 e. The second-order valence-corrected chi connectivity index (χ2v) is 5.36. The van der Waals surface area contributed by atoms with E-state index in [0.717, 1.165) is 0 Å². The molecule has 0 heterocycles. The van der Waals surface area contributed by atoms with Gasteiger partial charge in [-0.05, 0) is 42.5 Å². The van der Waals surface area contributed by atoms with Gasteiger partial charge >= 0.3 is 0 Å². The zero-order valence-electron chi connectivity index (χ0n) is 11.0. The van der Waals surface area contributed by atoms with Gasteiger partial charge in [-0.3, -0.25) is 15.6 Å². The lowest BCUT2D eigenvalue weighted by molar-refractivity contribution is 0.0940. The summed E-state index contributed by atoms with van der Waals surface area (Å²) in [7, 11) is 0. The number of hydrogen-bond acceptors (Lipinski definition) is 2. The lowest BCUT2D eigenvalue weighted by atomic mass is 10.2. The molecular weight excluding hydrogens is 348 g/mol. The normalized spacial score (nSPS) is 9.95. The summed E-state index contributed by atoms with van der Waals surface area (Å²) in [6, 6.07) is 10.5. The molecule has 2 aromatic rings. The van der Waals surface area contributed by atoms with Crippen LogP contribution in [0.1, 0.15) is 10.4 Å². The lowest BCUT2D eigenvalue weighted by Gasteiger charge is -2.12. The van der Waals surface area contributed by atoms with E-state index in [1.165, 1.54) is 18.2 Å². The Labute approximate surface area is 141 Å². The van der Waals surface area contributed by atoms with Crippen LogP contribution < -0.4 is 16.2 Å². The molecule has 2 aromatic carbocycles. The van der Waals surface area contributed by atoms with Crippen LogP contribution in [0, 0.1) is 5.82 Å². The lowest BCUT2D eigenvalue weighted by Crippen LogP contribution is -2.44. The predicted octanol–water partition coefficient (Wildman–Crippen LogP) is 3.76. The minimum Gasteiger partial charge on any atom is -0.331 e. The van der Waals surface area contributed by atoms with Crippen LogP contribution in [0.25, 0.3) is 0 Å². The Balaban J connectivity index is 1.91. The number of anilines is 1. The molecule has 2 rings (SSSR count). The standard InChI is InChI=1S/C14H10Cl2FN3OS/c15-10-6-5-8(7-11(10)16)18-14(22)20-19-13(21)9-3-1-2-4-12(9)17/h1-7H,(H,19,21)(H2,18,20,22). The smallest absolute Gasteiger partial charge is 0.272 e. The Morgan fingerprint density at radius 2 is 1.77 bits per heavy atom. The summed E-state index contributed by atoms with van der Waals surface area (Å²) in [6.45, 7) is 0. The second-order valence-electron chi connectivity index (χ2n) is 4.14.